The van der Waals surface area contributed by atoms with Gasteiger partial charge in [-0.3, -0.25) is 0 Å². The van der Waals surface area contributed by atoms with Crippen molar-refractivity contribution in [2.75, 3.05) is 6.61 Å². The minimum absolute atomic E-state index is 0.608. The van der Waals surface area contributed by atoms with Crippen LogP contribution in [0.4, 0.5) is 0 Å². The molecule has 31 heavy (non-hydrogen) atoms. The Morgan fingerprint density at radius 1 is 0.806 bits per heavy atom. The van der Waals surface area contributed by atoms with E-state index in [-0.39, 0.29) is 0 Å². The summed E-state index contributed by atoms with van der Waals surface area (Å²) in [7, 11) is 0. The summed E-state index contributed by atoms with van der Waals surface area (Å²) in [6.07, 6.45) is 18.0. The summed E-state index contributed by atoms with van der Waals surface area (Å²) >= 11 is 12.8. The Morgan fingerprint density at radius 2 is 1.45 bits per heavy atom. The van der Waals surface area contributed by atoms with Gasteiger partial charge in [0.15, 0.2) is 5.82 Å². The molecule has 0 amide bonds. The molecule has 0 saturated carbocycles. The SMILES string of the molecule is CCCCCCCCCCCCc1c(OCCCCCc2nn[nH]n2)ccc(Cl)c1Cl. The van der Waals surface area contributed by atoms with Gasteiger partial charge in [0.2, 0.25) is 0 Å². The molecule has 0 bridgehead atoms. The summed E-state index contributed by atoms with van der Waals surface area (Å²) < 4.78 is 6.06. The fourth-order valence-electron chi connectivity index (χ4n) is 3.76. The number of tetrazole rings is 1. The Hall–Kier alpha value is -1.33. The number of aromatic nitrogens is 4. The molecular weight excluding hydrogens is 431 g/mol. The van der Waals surface area contributed by atoms with Gasteiger partial charge in [-0.2, -0.15) is 5.21 Å². The van der Waals surface area contributed by atoms with Crippen LogP contribution in [0.25, 0.3) is 0 Å². The van der Waals surface area contributed by atoms with Gasteiger partial charge in [-0.15, -0.1) is 10.2 Å². The lowest BCUT2D eigenvalue weighted by Gasteiger charge is -2.14. The molecule has 0 atom stereocenters. The lowest BCUT2D eigenvalue weighted by molar-refractivity contribution is 0.302. The molecule has 5 nitrogen and oxygen atoms in total. The first-order valence-electron chi connectivity index (χ1n) is 12.0. The summed E-state index contributed by atoms with van der Waals surface area (Å²) in [4.78, 5) is 0. The Balaban J connectivity index is 1.63. The minimum Gasteiger partial charge on any atom is -0.493 e. The van der Waals surface area contributed by atoms with Gasteiger partial charge < -0.3 is 4.74 Å². The zero-order valence-corrected chi connectivity index (χ0v) is 20.5. The highest BCUT2D eigenvalue weighted by atomic mass is 35.5. The fraction of sp³-hybridized carbons (Fsp3) is 0.708. The van der Waals surface area contributed by atoms with E-state index in [1.165, 1.54) is 57.8 Å². The molecule has 0 spiro atoms. The second kappa shape index (κ2) is 16.3. The van der Waals surface area contributed by atoms with Crippen molar-refractivity contribution >= 4 is 23.2 Å². The molecule has 0 aliphatic rings. The molecule has 0 saturated heterocycles. The van der Waals surface area contributed by atoms with Crippen LogP contribution in [0.2, 0.25) is 10.0 Å². The molecule has 0 unspecified atom stereocenters. The average molecular weight is 470 g/mol. The van der Waals surface area contributed by atoms with Crippen LogP contribution in [-0.2, 0) is 12.8 Å². The number of rotatable bonds is 18. The van der Waals surface area contributed by atoms with E-state index >= 15 is 0 Å². The molecule has 1 aromatic heterocycles. The van der Waals surface area contributed by atoms with E-state index in [2.05, 4.69) is 27.5 Å². The summed E-state index contributed by atoms with van der Waals surface area (Å²) in [5, 5.41) is 15.3. The van der Waals surface area contributed by atoms with E-state index in [9.17, 15) is 0 Å². The maximum Gasteiger partial charge on any atom is 0.174 e. The van der Waals surface area contributed by atoms with E-state index in [0.717, 1.165) is 55.7 Å². The zero-order valence-electron chi connectivity index (χ0n) is 19.0. The maximum atomic E-state index is 6.51. The lowest BCUT2D eigenvalue weighted by atomic mass is 10.0. The molecule has 0 radical (unpaired) electrons. The van der Waals surface area contributed by atoms with Crippen molar-refractivity contribution in [3.63, 3.8) is 0 Å². The van der Waals surface area contributed by atoms with E-state index in [0.29, 0.717) is 16.7 Å². The van der Waals surface area contributed by atoms with Crippen molar-refractivity contribution in [2.45, 2.75) is 103 Å². The number of aromatic amines is 1. The van der Waals surface area contributed by atoms with Gasteiger partial charge in [0, 0.05) is 12.0 Å². The van der Waals surface area contributed by atoms with E-state index in [1.54, 1.807) is 0 Å². The summed E-state index contributed by atoms with van der Waals surface area (Å²) in [6.45, 7) is 2.94. The highest BCUT2D eigenvalue weighted by molar-refractivity contribution is 6.42. The summed E-state index contributed by atoms with van der Waals surface area (Å²) in [6, 6.07) is 3.79. The minimum atomic E-state index is 0.608. The standard InChI is InChI=1S/C24H38Cl2N4O/c1-2-3-4-5-6-7-8-9-10-12-15-20-22(18-17-21(25)24(20)26)31-19-14-11-13-16-23-27-29-30-28-23/h17-18H,2-16,19H2,1H3,(H,27,28,29,30). The normalized spacial score (nSPS) is 11.2. The molecule has 2 rings (SSSR count). The topological polar surface area (TPSA) is 63.7 Å². The third kappa shape index (κ3) is 10.7. The Kier molecular flexibility index (Phi) is 13.7. The molecule has 1 N–H and O–H groups in total. The second-order valence-corrected chi connectivity index (χ2v) is 9.04. The van der Waals surface area contributed by atoms with Crippen LogP contribution in [0.15, 0.2) is 12.1 Å². The van der Waals surface area contributed by atoms with Crippen molar-refractivity contribution in [1.29, 1.82) is 0 Å². The predicted octanol–water partition coefficient (Wildman–Crippen LogP) is 7.76. The molecule has 0 aliphatic carbocycles. The van der Waals surface area contributed by atoms with E-state index in [1.807, 2.05) is 12.1 Å². The summed E-state index contributed by atoms with van der Waals surface area (Å²) in [5.74, 6) is 1.65. The Bertz CT molecular complexity index is 710. The van der Waals surface area contributed by atoms with Crippen LogP contribution in [-0.4, -0.2) is 27.2 Å². The third-order valence-electron chi connectivity index (χ3n) is 5.62. The molecular formula is C24H38Cl2N4O. The molecule has 174 valence electrons. The van der Waals surface area contributed by atoms with Gasteiger partial charge in [0.05, 0.1) is 16.7 Å². The molecule has 7 heteroatoms. The monoisotopic (exact) mass is 468 g/mol. The smallest absolute Gasteiger partial charge is 0.174 e. The lowest BCUT2D eigenvalue weighted by Crippen LogP contribution is -2.02. The summed E-state index contributed by atoms with van der Waals surface area (Å²) in [5.41, 5.74) is 1.06. The molecule has 2 aromatic rings. The molecule has 0 aliphatic heterocycles. The number of aryl methyl sites for hydroxylation is 1. The number of hydrogen-bond donors (Lipinski definition) is 1. The number of nitrogens with zero attached hydrogens (tertiary/aromatic N) is 3. The van der Waals surface area contributed by atoms with Crippen LogP contribution >= 0.6 is 23.2 Å². The van der Waals surface area contributed by atoms with Crippen molar-refractivity contribution in [1.82, 2.24) is 20.6 Å². The number of unbranched alkanes of at least 4 members (excludes halogenated alkanes) is 11. The maximum absolute atomic E-state index is 6.51. The fourth-order valence-corrected chi connectivity index (χ4v) is 4.19. The van der Waals surface area contributed by atoms with Crippen LogP contribution in [0.3, 0.4) is 0 Å². The van der Waals surface area contributed by atoms with Crippen molar-refractivity contribution < 1.29 is 4.74 Å². The van der Waals surface area contributed by atoms with Crippen LogP contribution in [0, 0.1) is 0 Å². The van der Waals surface area contributed by atoms with Gasteiger partial charge in [0.25, 0.3) is 0 Å². The van der Waals surface area contributed by atoms with Crippen molar-refractivity contribution in [3.05, 3.63) is 33.6 Å². The number of ether oxygens (including phenoxy) is 1. The van der Waals surface area contributed by atoms with Crippen LogP contribution in [0.1, 0.15) is 102 Å². The Labute approximate surface area is 197 Å². The largest absolute Gasteiger partial charge is 0.493 e. The average Bonchev–Trinajstić information content (AvgIpc) is 3.29. The number of nitrogens with one attached hydrogen (secondary N) is 1. The van der Waals surface area contributed by atoms with Crippen molar-refractivity contribution in [3.8, 4) is 5.75 Å². The van der Waals surface area contributed by atoms with E-state index in [4.69, 9.17) is 27.9 Å². The van der Waals surface area contributed by atoms with Gasteiger partial charge in [-0.1, -0.05) is 93.1 Å². The van der Waals surface area contributed by atoms with Gasteiger partial charge in [-0.05, 0) is 44.2 Å². The first kappa shape index (κ1) is 25.9. The number of halogens is 2. The number of H-pyrrole nitrogens is 1. The predicted molar refractivity (Wildman–Crippen MR) is 129 cm³/mol. The van der Waals surface area contributed by atoms with Crippen LogP contribution in [0.5, 0.6) is 5.75 Å². The van der Waals surface area contributed by atoms with Gasteiger partial charge >= 0.3 is 0 Å². The van der Waals surface area contributed by atoms with E-state index < -0.39 is 0 Å². The Morgan fingerprint density at radius 3 is 2.13 bits per heavy atom. The molecule has 0 fully saturated rings. The van der Waals surface area contributed by atoms with Crippen LogP contribution < -0.4 is 4.74 Å². The first-order valence-corrected chi connectivity index (χ1v) is 12.8. The highest BCUT2D eigenvalue weighted by Crippen LogP contribution is 2.34. The van der Waals surface area contributed by atoms with Gasteiger partial charge in [0.1, 0.15) is 5.75 Å². The molecule has 1 heterocycles. The third-order valence-corrected chi connectivity index (χ3v) is 6.47. The first-order chi connectivity index (χ1) is 15.2. The second-order valence-electron chi connectivity index (χ2n) is 8.26. The van der Waals surface area contributed by atoms with Gasteiger partial charge in [-0.25, -0.2) is 0 Å². The number of hydrogen-bond acceptors (Lipinski definition) is 4. The molecule has 1 aromatic carbocycles. The number of benzene rings is 1. The zero-order chi connectivity index (χ0) is 22.2. The van der Waals surface area contributed by atoms with Crippen molar-refractivity contribution in [2.24, 2.45) is 0 Å². The highest BCUT2D eigenvalue weighted by Gasteiger charge is 2.12. The quantitative estimate of drug-likeness (QED) is 0.227.